The molecule has 0 aliphatic heterocycles. The van der Waals surface area contributed by atoms with Gasteiger partial charge in [0.15, 0.2) is 0 Å². The largest absolute Gasteiger partial charge is 0.338 e. The van der Waals surface area contributed by atoms with Gasteiger partial charge >= 0.3 is 5.69 Å². The second-order valence-electron chi connectivity index (χ2n) is 4.27. The molecule has 0 bridgehead atoms. The standard InChI is InChI=1S/C14H12N2O4/c1-10(17)9-15-8-7-12(18)16(14(15)20)13(19)11-5-3-2-4-6-11/h2-8H,9H2,1H3. The van der Waals surface area contributed by atoms with Crippen molar-refractivity contribution in [2.45, 2.75) is 13.5 Å². The fraction of sp³-hybridized carbons (Fsp3) is 0.143. The molecule has 0 saturated heterocycles. The summed E-state index contributed by atoms with van der Waals surface area (Å²) in [4.78, 5) is 47.1. The number of hydrogen-bond donors (Lipinski definition) is 0. The third-order valence-corrected chi connectivity index (χ3v) is 2.67. The van der Waals surface area contributed by atoms with E-state index < -0.39 is 17.2 Å². The number of benzene rings is 1. The second-order valence-corrected chi connectivity index (χ2v) is 4.27. The molecule has 0 saturated carbocycles. The summed E-state index contributed by atoms with van der Waals surface area (Å²) in [6, 6.07) is 9.10. The Balaban J connectivity index is 2.57. The molecule has 20 heavy (non-hydrogen) atoms. The molecule has 2 aromatic rings. The molecule has 0 radical (unpaired) electrons. The van der Waals surface area contributed by atoms with Crippen LogP contribution in [0.1, 0.15) is 17.3 Å². The topological polar surface area (TPSA) is 78.1 Å². The van der Waals surface area contributed by atoms with Crippen LogP contribution in [-0.2, 0) is 11.3 Å². The first-order chi connectivity index (χ1) is 9.50. The van der Waals surface area contributed by atoms with Crippen LogP contribution in [0.15, 0.2) is 52.2 Å². The molecule has 1 aromatic carbocycles. The van der Waals surface area contributed by atoms with E-state index in [4.69, 9.17) is 0 Å². The zero-order chi connectivity index (χ0) is 14.7. The van der Waals surface area contributed by atoms with Gasteiger partial charge < -0.3 is 0 Å². The maximum absolute atomic E-state index is 12.2. The minimum Gasteiger partial charge on any atom is -0.298 e. The first-order valence-corrected chi connectivity index (χ1v) is 5.92. The fourth-order valence-electron chi connectivity index (χ4n) is 1.77. The lowest BCUT2D eigenvalue weighted by Crippen LogP contribution is -2.43. The monoisotopic (exact) mass is 272 g/mol. The van der Waals surface area contributed by atoms with E-state index in [0.29, 0.717) is 4.57 Å². The number of Topliss-reactive ketones (excluding diaryl/α,β-unsaturated/α-hetero) is 1. The predicted molar refractivity (Wildman–Crippen MR) is 71.8 cm³/mol. The molecule has 0 unspecified atom stereocenters. The SMILES string of the molecule is CC(=O)Cn1ccc(=O)n(C(=O)c2ccccc2)c1=O. The van der Waals surface area contributed by atoms with Gasteiger partial charge in [-0.25, -0.2) is 4.79 Å². The quantitative estimate of drug-likeness (QED) is 0.804. The molecule has 1 heterocycles. The third kappa shape index (κ3) is 2.64. The molecule has 1 aromatic heterocycles. The van der Waals surface area contributed by atoms with Crippen LogP contribution in [-0.4, -0.2) is 20.8 Å². The van der Waals surface area contributed by atoms with Gasteiger partial charge in [0.1, 0.15) is 5.78 Å². The zero-order valence-electron chi connectivity index (χ0n) is 10.8. The molecule has 6 nitrogen and oxygen atoms in total. The smallest absolute Gasteiger partial charge is 0.298 e. The highest BCUT2D eigenvalue weighted by Crippen LogP contribution is 1.99. The lowest BCUT2D eigenvalue weighted by atomic mass is 10.2. The van der Waals surface area contributed by atoms with Crippen LogP contribution in [0.2, 0.25) is 0 Å². The number of aromatic nitrogens is 2. The fourth-order valence-corrected chi connectivity index (χ4v) is 1.77. The summed E-state index contributed by atoms with van der Waals surface area (Å²) in [5.41, 5.74) is -1.31. The highest BCUT2D eigenvalue weighted by molar-refractivity contribution is 5.95. The van der Waals surface area contributed by atoms with E-state index >= 15 is 0 Å². The van der Waals surface area contributed by atoms with Crippen molar-refractivity contribution >= 4 is 11.7 Å². The minimum absolute atomic E-state index is 0.179. The summed E-state index contributed by atoms with van der Waals surface area (Å²) in [5, 5.41) is 0. The average molecular weight is 272 g/mol. The lowest BCUT2D eigenvalue weighted by Gasteiger charge is -2.07. The number of rotatable bonds is 3. The third-order valence-electron chi connectivity index (χ3n) is 2.67. The molecule has 0 fully saturated rings. The number of nitrogens with zero attached hydrogens (tertiary/aromatic N) is 2. The van der Waals surface area contributed by atoms with Crippen molar-refractivity contribution < 1.29 is 9.59 Å². The van der Waals surface area contributed by atoms with Gasteiger partial charge in [0.05, 0.1) is 6.54 Å². The van der Waals surface area contributed by atoms with Crippen LogP contribution in [0, 0.1) is 0 Å². The zero-order valence-corrected chi connectivity index (χ0v) is 10.8. The van der Waals surface area contributed by atoms with Crippen molar-refractivity contribution in [3.05, 3.63) is 69.0 Å². The maximum atomic E-state index is 12.2. The molecule has 102 valence electrons. The summed E-state index contributed by atoms with van der Waals surface area (Å²) in [6.07, 6.45) is 1.21. The molecule has 6 heteroatoms. The molecular formula is C14H12N2O4. The van der Waals surface area contributed by atoms with E-state index in [1.807, 2.05) is 0 Å². The summed E-state index contributed by atoms with van der Waals surface area (Å²) < 4.78 is 1.56. The molecule has 2 rings (SSSR count). The molecule has 0 spiro atoms. The highest BCUT2D eigenvalue weighted by Gasteiger charge is 2.15. The van der Waals surface area contributed by atoms with E-state index in [1.165, 1.54) is 25.3 Å². The van der Waals surface area contributed by atoms with E-state index in [1.54, 1.807) is 18.2 Å². The van der Waals surface area contributed by atoms with Crippen molar-refractivity contribution in [1.82, 2.24) is 9.13 Å². The number of carbonyl (C=O) groups excluding carboxylic acids is 2. The van der Waals surface area contributed by atoms with Crippen LogP contribution in [0.3, 0.4) is 0 Å². The highest BCUT2D eigenvalue weighted by atomic mass is 16.2. The van der Waals surface area contributed by atoms with Crippen molar-refractivity contribution in [1.29, 1.82) is 0 Å². The van der Waals surface area contributed by atoms with E-state index in [-0.39, 0.29) is 17.9 Å². The van der Waals surface area contributed by atoms with Crippen molar-refractivity contribution in [2.75, 3.05) is 0 Å². The summed E-state index contributed by atoms with van der Waals surface area (Å²) >= 11 is 0. The van der Waals surface area contributed by atoms with Gasteiger partial charge in [-0.1, -0.05) is 18.2 Å². The molecular weight excluding hydrogens is 260 g/mol. The van der Waals surface area contributed by atoms with E-state index in [2.05, 4.69) is 0 Å². The summed E-state index contributed by atoms with van der Waals surface area (Å²) in [5.74, 6) is -0.956. The van der Waals surface area contributed by atoms with Gasteiger partial charge in [-0.05, 0) is 19.1 Å². The van der Waals surface area contributed by atoms with Gasteiger partial charge in [0.2, 0.25) is 0 Å². The Labute approximate surface area is 113 Å². The van der Waals surface area contributed by atoms with Gasteiger partial charge in [0, 0.05) is 17.8 Å². The molecule has 0 N–H and O–H groups in total. The molecule has 0 aliphatic carbocycles. The van der Waals surface area contributed by atoms with E-state index in [9.17, 15) is 19.2 Å². The Morgan fingerprint density at radius 2 is 1.70 bits per heavy atom. The predicted octanol–water partition coefficient (Wildman–Crippen LogP) is 0.287. The Bertz CT molecular complexity index is 772. The Hall–Kier alpha value is -2.76. The normalized spacial score (nSPS) is 10.2. The van der Waals surface area contributed by atoms with Crippen molar-refractivity contribution in [3.63, 3.8) is 0 Å². The van der Waals surface area contributed by atoms with Crippen LogP contribution < -0.4 is 11.2 Å². The van der Waals surface area contributed by atoms with Gasteiger partial charge in [-0.3, -0.25) is 19.0 Å². The second kappa shape index (κ2) is 5.48. The van der Waals surface area contributed by atoms with Crippen LogP contribution in [0.4, 0.5) is 0 Å². The van der Waals surface area contributed by atoms with Crippen molar-refractivity contribution in [3.8, 4) is 0 Å². The van der Waals surface area contributed by atoms with E-state index in [0.717, 1.165) is 10.6 Å². The summed E-state index contributed by atoms with van der Waals surface area (Å²) in [7, 11) is 0. The number of hydrogen-bond acceptors (Lipinski definition) is 4. The molecule has 0 amide bonds. The van der Waals surface area contributed by atoms with Crippen molar-refractivity contribution in [2.24, 2.45) is 0 Å². The number of carbonyl (C=O) groups is 2. The Morgan fingerprint density at radius 1 is 1.05 bits per heavy atom. The molecule has 0 atom stereocenters. The first-order valence-electron chi connectivity index (χ1n) is 5.92. The molecule has 0 aliphatic rings. The number of ketones is 1. The summed E-state index contributed by atoms with van der Waals surface area (Å²) in [6.45, 7) is 1.14. The maximum Gasteiger partial charge on any atom is 0.338 e. The lowest BCUT2D eigenvalue weighted by molar-refractivity contribution is -0.117. The van der Waals surface area contributed by atoms with Gasteiger partial charge in [-0.15, -0.1) is 0 Å². The minimum atomic E-state index is -0.818. The Kier molecular flexibility index (Phi) is 3.74. The Morgan fingerprint density at radius 3 is 2.30 bits per heavy atom. The van der Waals surface area contributed by atoms with Crippen LogP contribution in [0.5, 0.6) is 0 Å². The first kappa shape index (κ1) is 13.7. The van der Waals surface area contributed by atoms with Gasteiger partial charge in [-0.2, -0.15) is 4.57 Å². The average Bonchev–Trinajstić information content (AvgIpc) is 2.42. The van der Waals surface area contributed by atoms with Crippen LogP contribution >= 0.6 is 0 Å². The van der Waals surface area contributed by atoms with Gasteiger partial charge in [0.25, 0.3) is 11.5 Å². The van der Waals surface area contributed by atoms with Crippen LogP contribution in [0.25, 0.3) is 0 Å².